The summed E-state index contributed by atoms with van der Waals surface area (Å²) in [5, 5.41) is 0. The Balaban J connectivity index is 0. The molecule has 4 N–H and O–H groups in total. The molecule has 0 fully saturated rings. The molecule has 0 amide bonds. The molecule has 5 heteroatoms. The monoisotopic (exact) mass is 238 g/mol. The first-order valence-electron chi connectivity index (χ1n) is 3.88. The number of rotatable bonds is 3. The zero-order valence-electron chi connectivity index (χ0n) is 7.97. The van der Waals surface area contributed by atoms with Crippen molar-refractivity contribution in [1.82, 2.24) is 0 Å². The van der Waals surface area contributed by atoms with Crippen LogP contribution in [0, 0.1) is 0 Å². The normalized spacial score (nSPS) is 10.8. The summed E-state index contributed by atoms with van der Waals surface area (Å²) in [6, 6.07) is 7.50. The number of methoxy groups -OCH3 is 1. The second-order valence-electron chi connectivity index (χ2n) is 2.58. The van der Waals surface area contributed by atoms with E-state index in [0.717, 1.165) is 11.3 Å². The summed E-state index contributed by atoms with van der Waals surface area (Å²) in [6.07, 6.45) is 0. The number of halogens is 2. The zero-order valence-corrected chi connectivity index (χ0v) is 9.61. The summed E-state index contributed by atoms with van der Waals surface area (Å²) in [4.78, 5) is 0. The van der Waals surface area contributed by atoms with Crippen LogP contribution >= 0.6 is 24.8 Å². The number of hydrogen-bond donors (Lipinski definition) is 2. The van der Waals surface area contributed by atoms with Gasteiger partial charge in [0.1, 0.15) is 5.75 Å². The number of benzene rings is 1. The maximum atomic E-state index is 5.77. The predicted octanol–water partition coefficient (Wildman–Crippen LogP) is 1.50. The lowest BCUT2D eigenvalue weighted by Crippen LogP contribution is -2.21. The minimum absolute atomic E-state index is 0. The highest BCUT2D eigenvalue weighted by atomic mass is 35.5. The van der Waals surface area contributed by atoms with E-state index in [9.17, 15) is 0 Å². The van der Waals surface area contributed by atoms with E-state index in [2.05, 4.69) is 0 Å². The van der Waals surface area contributed by atoms with Crippen LogP contribution in [0.15, 0.2) is 24.3 Å². The summed E-state index contributed by atoms with van der Waals surface area (Å²) in [5.41, 5.74) is 12.2. The molecule has 0 saturated heterocycles. The summed E-state index contributed by atoms with van der Waals surface area (Å²) in [5.74, 6) is 0.801. The molecule has 1 aromatic carbocycles. The molecular weight excluding hydrogens is 223 g/mol. The molecule has 0 aliphatic rings. The Kier molecular flexibility index (Phi) is 8.99. The Morgan fingerprint density at radius 1 is 1.29 bits per heavy atom. The SMILES string of the molecule is COc1ccccc1[C@@H](N)CN.Cl.Cl. The zero-order chi connectivity index (χ0) is 8.97. The van der Waals surface area contributed by atoms with Gasteiger partial charge in [-0.1, -0.05) is 18.2 Å². The van der Waals surface area contributed by atoms with Crippen molar-refractivity contribution in [2.45, 2.75) is 6.04 Å². The van der Waals surface area contributed by atoms with Crippen molar-refractivity contribution in [3.8, 4) is 5.75 Å². The largest absolute Gasteiger partial charge is 0.496 e. The molecule has 0 heterocycles. The van der Waals surface area contributed by atoms with E-state index in [4.69, 9.17) is 16.2 Å². The Labute approximate surface area is 96.6 Å². The third-order valence-corrected chi connectivity index (χ3v) is 1.79. The van der Waals surface area contributed by atoms with E-state index >= 15 is 0 Å². The van der Waals surface area contributed by atoms with Crippen LogP contribution in [0.3, 0.4) is 0 Å². The highest BCUT2D eigenvalue weighted by molar-refractivity contribution is 5.85. The molecule has 0 aliphatic carbocycles. The van der Waals surface area contributed by atoms with Crippen LogP contribution < -0.4 is 16.2 Å². The fourth-order valence-corrected chi connectivity index (χ4v) is 1.10. The first-order chi connectivity index (χ1) is 5.79. The lowest BCUT2D eigenvalue weighted by molar-refractivity contribution is 0.406. The molecule has 1 rings (SSSR count). The number of hydrogen-bond acceptors (Lipinski definition) is 3. The molecule has 1 aromatic rings. The van der Waals surface area contributed by atoms with Crippen LogP contribution in [0.5, 0.6) is 5.75 Å². The van der Waals surface area contributed by atoms with Gasteiger partial charge in [0.05, 0.1) is 7.11 Å². The molecule has 0 aliphatic heterocycles. The van der Waals surface area contributed by atoms with Crippen molar-refractivity contribution in [1.29, 1.82) is 0 Å². The van der Waals surface area contributed by atoms with Gasteiger partial charge in [-0.2, -0.15) is 0 Å². The summed E-state index contributed by atoms with van der Waals surface area (Å²) in [6.45, 7) is 0.431. The Morgan fingerprint density at radius 3 is 2.36 bits per heavy atom. The van der Waals surface area contributed by atoms with Crippen molar-refractivity contribution in [2.75, 3.05) is 13.7 Å². The average Bonchev–Trinajstić information content (AvgIpc) is 2.16. The average molecular weight is 239 g/mol. The van der Waals surface area contributed by atoms with Crippen LogP contribution in [0.25, 0.3) is 0 Å². The number of nitrogens with two attached hydrogens (primary N) is 2. The molecule has 1 atom stereocenters. The Hall–Kier alpha value is -0.480. The van der Waals surface area contributed by atoms with Crippen LogP contribution in [0.2, 0.25) is 0 Å². The van der Waals surface area contributed by atoms with Crippen LogP contribution in [-0.4, -0.2) is 13.7 Å². The van der Waals surface area contributed by atoms with Crippen molar-refractivity contribution in [3.63, 3.8) is 0 Å². The summed E-state index contributed by atoms with van der Waals surface area (Å²) >= 11 is 0. The summed E-state index contributed by atoms with van der Waals surface area (Å²) < 4.78 is 5.13. The van der Waals surface area contributed by atoms with Gasteiger partial charge in [0.2, 0.25) is 0 Å². The smallest absolute Gasteiger partial charge is 0.123 e. The molecule has 14 heavy (non-hydrogen) atoms. The minimum Gasteiger partial charge on any atom is -0.496 e. The first kappa shape index (κ1) is 16.0. The van der Waals surface area contributed by atoms with Crippen LogP contribution in [0.4, 0.5) is 0 Å². The molecule has 0 saturated carbocycles. The standard InChI is InChI=1S/C9H14N2O.2ClH/c1-12-9-5-3-2-4-7(9)8(11)6-10;;/h2-5,8H,6,10-11H2,1H3;2*1H/t8-;;/m0../s1. The molecule has 0 aromatic heterocycles. The Bertz CT molecular complexity index is 258. The van der Waals surface area contributed by atoms with E-state index in [0.29, 0.717) is 6.54 Å². The van der Waals surface area contributed by atoms with Gasteiger partial charge >= 0.3 is 0 Å². The fourth-order valence-electron chi connectivity index (χ4n) is 1.10. The van der Waals surface area contributed by atoms with Crippen molar-refractivity contribution in [2.24, 2.45) is 11.5 Å². The third kappa shape index (κ3) is 3.72. The minimum atomic E-state index is -0.138. The second kappa shape index (κ2) is 7.88. The highest BCUT2D eigenvalue weighted by Gasteiger charge is 2.08. The summed E-state index contributed by atoms with van der Waals surface area (Å²) in [7, 11) is 1.63. The van der Waals surface area contributed by atoms with Gasteiger partial charge in [0.15, 0.2) is 0 Å². The molecule has 0 bridgehead atoms. The van der Waals surface area contributed by atoms with Crippen LogP contribution in [0.1, 0.15) is 11.6 Å². The highest BCUT2D eigenvalue weighted by Crippen LogP contribution is 2.21. The van der Waals surface area contributed by atoms with Gasteiger partial charge in [-0.15, -0.1) is 24.8 Å². The lowest BCUT2D eigenvalue weighted by Gasteiger charge is -2.12. The Morgan fingerprint density at radius 2 is 1.86 bits per heavy atom. The maximum Gasteiger partial charge on any atom is 0.123 e. The molecule has 0 spiro atoms. The fraction of sp³-hybridized carbons (Fsp3) is 0.333. The van der Waals surface area contributed by atoms with Crippen LogP contribution in [-0.2, 0) is 0 Å². The lowest BCUT2D eigenvalue weighted by atomic mass is 10.1. The van der Waals surface area contributed by atoms with Gasteiger partial charge in [-0.25, -0.2) is 0 Å². The van der Waals surface area contributed by atoms with Crippen molar-refractivity contribution >= 4 is 24.8 Å². The molecule has 0 unspecified atom stereocenters. The predicted molar refractivity (Wildman–Crippen MR) is 63.5 cm³/mol. The molecular formula is C9H16Cl2N2O. The topological polar surface area (TPSA) is 61.3 Å². The maximum absolute atomic E-state index is 5.77. The van der Waals surface area contributed by atoms with Crippen molar-refractivity contribution in [3.05, 3.63) is 29.8 Å². The van der Waals surface area contributed by atoms with Gasteiger partial charge < -0.3 is 16.2 Å². The first-order valence-corrected chi connectivity index (χ1v) is 3.88. The van der Waals surface area contributed by atoms with E-state index in [1.54, 1.807) is 7.11 Å². The molecule has 0 radical (unpaired) electrons. The quantitative estimate of drug-likeness (QED) is 0.840. The van der Waals surface area contributed by atoms with Gasteiger partial charge in [0, 0.05) is 18.2 Å². The van der Waals surface area contributed by atoms with Gasteiger partial charge in [-0.05, 0) is 6.07 Å². The number of para-hydroxylation sites is 1. The molecule has 82 valence electrons. The van der Waals surface area contributed by atoms with Crippen molar-refractivity contribution < 1.29 is 4.74 Å². The van der Waals surface area contributed by atoms with Gasteiger partial charge in [-0.3, -0.25) is 0 Å². The van der Waals surface area contributed by atoms with Gasteiger partial charge in [0.25, 0.3) is 0 Å². The van der Waals surface area contributed by atoms with E-state index in [1.165, 1.54) is 0 Å². The third-order valence-electron chi connectivity index (χ3n) is 1.79. The van der Waals surface area contributed by atoms with E-state index < -0.39 is 0 Å². The number of ether oxygens (including phenoxy) is 1. The molecule has 3 nitrogen and oxygen atoms in total. The van der Waals surface area contributed by atoms with E-state index in [1.807, 2.05) is 24.3 Å². The van der Waals surface area contributed by atoms with E-state index in [-0.39, 0.29) is 30.9 Å². The second-order valence-corrected chi connectivity index (χ2v) is 2.58.